The van der Waals surface area contributed by atoms with Crippen LogP contribution in [0.5, 0.6) is 0 Å². The first-order chi connectivity index (χ1) is 13.6. The maximum absolute atomic E-state index is 13.0. The summed E-state index contributed by atoms with van der Waals surface area (Å²) in [5.41, 5.74) is 1.63. The molecule has 0 saturated heterocycles. The summed E-state index contributed by atoms with van der Waals surface area (Å²) in [6.07, 6.45) is 3.82. The number of rotatable bonds is 6. The fraction of sp³-hybridized carbons (Fsp3) is 0.417. The van der Waals surface area contributed by atoms with Crippen LogP contribution in [-0.2, 0) is 9.59 Å². The minimum Gasteiger partial charge on any atom is -0.353 e. The monoisotopic (exact) mass is 378 g/mol. The van der Waals surface area contributed by atoms with Crippen LogP contribution in [-0.4, -0.2) is 17.9 Å². The molecule has 1 saturated carbocycles. The van der Waals surface area contributed by atoms with E-state index in [-0.39, 0.29) is 30.7 Å². The maximum atomic E-state index is 13.0. The Bertz CT molecular complexity index is 736. The van der Waals surface area contributed by atoms with Gasteiger partial charge in [-0.2, -0.15) is 0 Å². The third-order valence-electron chi connectivity index (χ3n) is 5.90. The molecule has 0 unspecified atom stereocenters. The van der Waals surface area contributed by atoms with Crippen molar-refractivity contribution < 1.29 is 9.59 Å². The van der Waals surface area contributed by atoms with Crippen LogP contribution in [0.1, 0.15) is 46.0 Å². The van der Waals surface area contributed by atoms with E-state index in [0.29, 0.717) is 11.8 Å². The molecule has 0 aromatic heterocycles. The fourth-order valence-electron chi connectivity index (χ4n) is 3.99. The first-order valence-electron chi connectivity index (χ1n) is 10.3. The smallest absolute Gasteiger partial charge is 0.232 e. The number of carbonyl (C=O) groups is 2. The number of hydrogen-bond donors (Lipinski definition) is 1. The molecule has 1 aliphatic rings. The van der Waals surface area contributed by atoms with Gasteiger partial charge in [-0.25, -0.2) is 0 Å². The number of para-hydroxylation sites is 2. The van der Waals surface area contributed by atoms with Crippen molar-refractivity contribution >= 4 is 23.2 Å². The molecule has 1 aliphatic carbocycles. The summed E-state index contributed by atoms with van der Waals surface area (Å²) in [7, 11) is 0. The molecule has 2 aromatic rings. The molecule has 148 valence electrons. The molecule has 0 bridgehead atoms. The molecule has 0 radical (unpaired) electrons. The zero-order valence-electron chi connectivity index (χ0n) is 16.8. The lowest BCUT2D eigenvalue weighted by Gasteiger charge is -2.34. The van der Waals surface area contributed by atoms with E-state index >= 15 is 0 Å². The number of benzene rings is 2. The van der Waals surface area contributed by atoms with Crippen molar-refractivity contribution in [3.8, 4) is 0 Å². The summed E-state index contributed by atoms with van der Waals surface area (Å²) in [5.74, 6) is 1.02. The fourth-order valence-corrected chi connectivity index (χ4v) is 3.99. The van der Waals surface area contributed by atoms with E-state index in [1.165, 1.54) is 6.42 Å². The van der Waals surface area contributed by atoms with Gasteiger partial charge < -0.3 is 5.32 Å². The van der Waals surface area contributed by atoms with Crippen molar-refractivity contribution in [1.82, 2.24) is 5.32 Å². The van der Waals surface area contributed by atoms with E-state index in [9.17, 15) is 9.59 Å². The number of anilines is 2. The number of nitrogens with zero attached hydrogens (tertiary/aromatic N) is 1. The second-order valence-electron chi connectivity index (χ2n) is 7.84. The molecular formula is C24H30N2O2. The summed E-state index contributed by atoms with van der Waals surface area (Å²) in [4.78, 5) is 27.2. The van der Waals surface area contributed by atoms with Gasteiger partial charge in [0.2, 0.25) is 11.8 Å². The average Bonchev–Trinajstić information content (AvgIpc) is 2.72. The lowest BCUT2D eigenvalue weighted by atomic mass is 9.78. The summed E-state index contributed by atoms with van der Waals surface area (Å²) in [6, 6.07) is 19.4. The highest BCUT2D eigenvalue weighted by atomic mass is 16.2. The van der Waals surface area contributed by atoms with Gasteiger partial charge in [0.15, 0.2) is 0 Å². The minimum atomic E-state index is -0.0717. The first-order valence-corrected chi connectivity index (χ1v) is 10.3. The van der Waals surface area contributed by atoms with Gasteiger partial charge in [-0.15, -0.1) is 0 Å². The molecular weight excluding hydrogens is 348 g/mol. The molecule has 28 heavy (non-hydrogen) atoms. The average molecular weight is 379 g/mol. The van der Waals surface area contributed by atoms with Gasteiger partial charge in [-0.05, 0) is 42.5 Å². The Morgan fingerprint density at radius 2 is 1.46 bits per heavy atom. The van der Waals surface area contributed by atoms with E-state index < -0.39 is 0 Å². The molecule has 3 atom stereocenters. The number of nitrogens with one attached hydrogen (secondary N) is 1. The highest BCUT2D eigenvalue weighted by molar-refractivity contribution is 6.01. The van der Waals surface area contributed by atoms with Crippen LogP contribution in [0.2, 0.25) is 0 Å². The Morgan fingerprint density at radius 1 is 0.893 bits per heavy atom. The third-order valence-corrected chi connectivity index (χ3v) is 5.90. The van der Waals surface area contributed by atoms with Crippen molar-refractivity contribution in [2.45, 2.75) is 52.0 Å². The van der Waals surface area contributed by atoms with E-state index in [1.807, 2.05) is 60.7 Å². The highest BCUT2D eigenvalue weighted by Crippen LogP contribution is 2.30. The van der Waals surface area contributed by atoms with Crippen LogP contribution in [0, 0.1) is 11.8 Å². The predicted octanol–water partition coefficient (Wildman–Crippen LogP) is 5.07. The van der Waals surface area contributed by atoms with Crippen LogP contribution in [0.25, 0.3) is 0 Å². The third kappa shape index (κ3) is 5.00. The summed E-state index contributed by atoms with van der Waals surface area (Å²) < 4.78 is 0. The standard InChI is InChI=1S/C24H30N2O2/c1-18-10-9-15-22(19(18)2)25-23(27)16-17-24(28)26(20-11-5-3-6-12-20)21-13-7-4-8-14-21/h3-8,11-14,18-19,22H,9-10,15-17H2,1-2H3,(H,25,27)/t18-,19+,22+/m1/s1. The van der Waals surface area contributed by atoms with Gasteiger partial charge in [-0.1, -0.05) is 63.1 Å². The van der Waals surface area contributed by atoms with Crippen LogP contribution in [0.3, 0.4) is 0 Å². The lowest BCUT2D eigenvalue weighted by Crippen LogP contribution is -2.44. The van der Waals surface area contributed by atoms with Crippen LogP contribution in [0.4, 0.5) is 11.4 Å². The van der Waals surface area contributed by atoms with E-state index in [4.69, 9.17) is 0 Å². The zero-order valence-corrected chi connectivity index (χ0v) is 16.8. The van der Waals surface area contributed by atoms with Crippen molar-refractivity contribution in [3.05, 3.63) is 60.7 Å². The normalized spacial score (nSPS) is 21.7. The molecule has 0 aliphatic heterocycles. The molecule has 4 heteroatoms. The summed E-state index contributed by atoms with van der Waals surface area (Å²) >= 11 is 0. The first kappa shape index (κ1) is 20.1. The van der Waals surface area contributed by atoms with Crippen molar-refractivity contribution in [1.29, 1.82) is 0 Å². The second-order valence-corrected chi connectivity index (χ2v) is 7.84. The SMILES string of the molecule is C[C@H]1[C@H](C)CCC[C@@H]1NC(=O)CCC(=O)N(c1ccccc1)c1ccccc1. The van der Waals surface area contributed by atoms with Gasteiger partial charge >= 0.3 is 0 Å². The zero-order chi connectivity index (χ0) is 19.9. The molecule has 1 N–H and O–H groups in total. The van der Waals surface area contributed by atoms with Gasteiger partial charge in [0.05, 0.1) is 0 Å². The summed E-state index contributed by atoms with van der Waals surface area (Å²) in [6.45, 7) is 4.47. The van der Waals surface area contributed by atoms with Crippen LogP contribution >= 0.6 is 0 Å². The minimum absolute atomic E-state index is 0.0274. The van der Waals surface area contributed by atoms with Crippen molar-refractivity contribution in [2.24, 2.45) is 11.8 Å². The van der Waals surface area contributed by atoms with Crippen LogP contribution < -0.4 is 10.2 Å². The van der Waals surface area contributed by atoms with E-state index in [0.717, 1.165) is 24.2 Å². The van der Waals surface area contributed by atoms with Crippen molar-refractivity contribution in [3.63, 3.8) is 0 Å². The summed E-state index contributed by atoms with van der Waals surface area (Å²) in [5, 5.41) is 3.16. The Balaban J connectivity index is 1.63. The predicted molar refractivity (Wildman–Crippen MR) is 113 cm³/mol. The maximum Gasteiger partial charge on any atom is 0.232 e. The largest absolute Gasteiger partial charge is 0.353 e. The quantitative estimate of drug-likeness (QED) is 0.763. The molecule has 2 aromatic carbocycles. The molecule has 1 fully saturated rings. The lowest BCUT2D eigenvalue weighted by molar-refractivity contribution is -0.126. The van der Waals surface area contributed by atoms with Gasteiger partial charge in [0.1, 0.15) is 0 Å². The van der Waals surface area contributed by atoms with E-state index in [1.54, 1.807) is 4.90 Å². The highest BCUT2D eigenvalue weighted by Gasteiger charge is 2.28. The number of amides is 2. The molecule has 4 nitrogen and oxygen atoms in total. The number of hydrogen-bond acceptors (Lipinski definition) is 2. The Morgan fingerprint density at radius 3 is 2.04 bits per heavy atom. The van der Waals surface area contributed by atoms with Gasteiger partial charge in [-0.3, -0.25) is 14.5 Å². The molecule has 0 heterocycles. The van der Waals surface area contributed by atoms with Crippen LogP contribution in [0.15, 0.2) is 60.7 Å². The Kier molecular flexibility index (Phi) is 6.85. The Hall–Kier alpha value is -2.62. The van der Waals surface area contributed by atoms with E-state index in [2.05, 4.69) is 19.2 Å². The van der Waals surface area contributed by atoms with Crippen molar-refractivity contribution in [2.75, 3.05) is 4.90 Å². The molecule has 2 amide bonds. The molecule has 0 spiro atoms. The topological polar surface area (TPSA) is 49.4 Å². The van der Waals surface area contributed by atoms with Gasteiger partial charge in [0.25, 0.3) is 0 Å². The number of carbonyl (C=O) groups excluding carboxylic acids is 2. The molecule has 3 rings (SSSR count). The van der Waals surface area contributed by atoms with Gasteiger partial charge in [0, 0.05) is 30.3 Å². The Labute approximate surface area is 167 Å². The second kappa shape index (κ2) is 9.54.